The van der Waals surface area contributed by atoms with E-state index in [1.165, 1.54) is 25.0 Å². The molecule has 1 unspecified atom stereocenters. The van der Waals surface area contributed by atoms with Gasteiger partial charge in [0.25, 0.3) is 5.91 Å². The highest BCUT2D eigenvalue weighted by atomic mass is 19.1. The van der Waals surface area contributed by atoms with Crippen LogP contribution >= 0.6 is 0 Å². The topological polar surface area (TPSA) is 44.9 Å². The predicted octanol–water partition coefficient (Wildman–Crippen LogP) is 2.84. The number of aromatic amines is 1. The lowest BCUT2D eigenvalue weighted by atomic mass is 10.2. The van der Waals surface area contributed by atoms with Crippen LogP contribution in [0.3, 0.4) is 0 Å². The number of nitrogens with one attached hydrogen (secondary N) is 2. The van der Waals surface area contributed by atoms with Gasteiger partial charge in [-0.15, -0.1) is 0 Å². The molecule has 3 rings (SSSR count). The number of rotatable bonds is 3. The van der Waals surface area contributed by atoms with Gasteiger partial charge in [0.05, 0.1) is 0 Å². The van der Waals surface area contributed by atoms with Gasteiger partial charge >= 0.3 is 0 Å². The fourth-order valence-electron chi connectivity index (χ4n) is 2.22. The average Bonchev–Trinajstić information content (AvgIpc) is 3.09. The summed E-state index contributed by atoms with van der Waals surface area (Å²) in [4.78, 5) is 15.0. The Bertz CT molecular complexity index is 601. The number of carbonyl (C=O) groups excluding carboxylic acids is 1. The summed E-state index contributed by atoms with van der Waals surface area (Å²) >= 11 is 0. The van der Waals surface area contributed by atoms with Crippen LogP contribution in [-0.2, 0) is 0 Å². The number of hydrogen-bond donors (Lipinski definition) is 2. The van der Waals surface area contributed by atoms with E-state index in [0.29, 0.717) is 11.6 Å². The van der Waals surface area contributed by atoms with Crippen LogP contribution in [-0.4, -0.2) is 16.9 Å². The lowest BCUT2D eigenvalue weighted by Gasteiger charge is -2.11. The van der Waals surface area contributed by atoms with Crippen molar-refractivity contribution in [1.82, 2.24) is 10.3 Å². The number of carbonyl (C=O) groups is 1. The Hall–Kier alpha value is -1.84. The van der Waals surface area contributed by atoms with Gasteiger partial charge in [0, 0.05) is 16.9 Å². The molecule has 94 valence electrons. The van der Waals surface area contributed by atoms with Crippen LogP contribution in [0.2, 0.25) is 0 Å². The molecule has 1 aromatic carbocycles. The maximum absolute atomic E-state index is 13.1. The third-order valence-corrected chi connectivity index (χ3v) is 3.52. The van der Waals surface area contributed by atoms with Crippen LogP contribution in [0.1, 0.15) is 30.3 Å². The Morgan fingerprint density at radius 3 is 2.94 bits per heavy atom. The van der Waals surface area contributed by atoms with Crippen LogP contribution in [0.15, 0.2) is 24.3 Å². The van der Waals surface area contributed by atoms with Gasteiger partial charge in [0.15, 0.2) is 0 Å². The largest absolute Gasteiger partial charge is 0.351 e. The minimum Gasteiger partial charge on any atom is -0.351 e. The highest BCUT2D eigenvalue weighted by Gasteiger charge is 2.29. The number of aromatic nitrogens is 1. The first kappa shape index (κ1) is 11.3. The molecule has 18 heavy (non-hydrogen) atoms. The summed E-state index contributed by atoms with van der Waals surface area (Å²) in [5.41, 5.74) is 1.27. The summed E-state index contributed by atoms with van der Waals surface area (Å²) in [6.45, 7) is 2.03. The first-order chi connectivity index (χ1) is 8.63. The number of fused-ring (bicyclic) bond motifs is 1. The van der Waals surface area contributed by atoms with Crippen molar-refractivity contribution in [1.29, 1.82) is 0 Å². The van der Waals surface area contributed by atoms with Crippen molar-refractivity contribution in [2.75, 3.05) is 0 Å². The third-order valence-electron chi connectivity index (χ3n) is 3.52. The summed E-state index contributed by atoms with van der Waals surface area (Å²) in [6, 6.07) is 6.35. The molecule has 0 aliphatic heterocycles. The van der Waals surface area contributed by atoms with E-state index in [-0.39, 0.29) is 17.8 Å². The Balaban J connectivity index is 1.82. The third kappa shape index (κ3) is 2.10. The molecule has 2 N–H and O–H groups in total. The maximum atomic E-state index is 13.1. The van der Waals surface area contributed by atoms with Gasteiger partial charge in [-0.05, 0) is 49.9 Å². The van der Waals surface area contributed by atoms with Gasteiger partial charge in [-0.2, -0.15) is 0 Å². The van der Waals surface area contributed by atoms with Gasteiger partial charge in [0.1, 0.15) is 11.5 Å². The van der Waals surface area contributed by atoms with Crippen molar-refractivity contribution in [3.05, 3.63) is 35.8 Å². The van der Waals surface area contributed by atoms with E-state index in [9.17, 15) is 9.18 Å². The molecule has 1 aliphatic carbocycles. The number of hydrogen-bond acceptors (Lipinski definition) is 1. The van der Waals surface area contributed by atoms with Crippen molar-refractivity contribution in [3.63, 3.8) is 0 Å². The zero-order chi connectivity index (χ0) is 12.7. The lowest BCUT2D eigenvalue weighted by Crippen LogP contribution is -2.34. The fraction of sp³-hybridized carbons (Fsp3) is 0.357. The smallest absolute Gasteiger partial charge is 0.267 e. The Kier molecular flexibility index (Phi) is 2.58. The number of H-pyrrole nitrogens is 1. The Labute approximate surface area is 104 Å². The minimum absolute atomic E-state index is 0.119. The molecule has 1 saturated carbocycles. The van der Waals surface area contributed by atoms with Crippen LogP contribution in [0.4, 0.5) is 4.39 Å². The van der Waals surface area contributed by atoms with Gasteiger partial charge in [-0.1, -0.05) is 0 Å². The molecule has 1 atom stereocenters. The zero-order valence-corrected chi connectivity index (χ0v) is 10.2. The Morgan fingerprint density at radius 1 is 1.44 bits per heavy atom. The van der Waals surface area contributed by atoms with Crippen molar-refractivity contribution in [2.24, 2.45) is 5.92 Å². The van der Waals surface area contributed by atoms with Crippen LogP contribution < -0.4 is 5.32 Å². The summed E-state index contributed by atoms with van der Waals surface area (Å²) in [5, 5.41) is 3.69. The van der Waals surface area contributed by atoms with E-state index in [0.717, 1.165) is 10.9 Å². The molecule has 1 heterocycles. The van der Waals surface area contributed by atoms with Crippen LogP contribution in [0.5, 0.6) is 0 Å². The molecule has 1 amide bonds. The molecule has 3 nitrogen and oxygen atoms in total. The van der Waals surface area contributed by atoms with Gasteiger partial charge in [0.2, 0.25) is 0 Å². The summed E-state index contributed by atoms with van der Waals surface area (Å²) in [7, 11) is 0. The van der Waals surface area contributed by atoms with E-state index in [2.05, 4.69) is 10.3 Å². The molecular formula is C14H15FN2O. The summed E-state index contributed by atoms with van der Waals surface area (Å²) < 4.78 is 13.1. The lowest BCUT2D eigenvalue weighted by molar-refractivity contribution is 0.0931. The average molecular weight is 246 g/mol. The molecule has 0 saturated heterocycles. The van der Waals surface area contributed by atoms with E-state index >= 15 is 0 Å². The first-order valence-corrected chi connectivity index (χ1v) is 6.22. The van der Waals surface area contributed by atoms with Gasteiger partial charge in [-0.3, -0.25) is 4.79 Å². The minimum atomic E-state index is -0.292. The molecule has 0 radical (unpaired) electrons. The number of benzene rings is 1. The maximum Gasteiger partial charge on any atom is 0.267 e. The zero-order valence-electron chi connectivity index (χ0n) is 10.2. The first-order valence-electron chi connectivity index (χ1n) is 6.22. The Morgan fingerprint density at radius 2 is 2.22 bits per heavy atom. The highest BCUT2D eigenvalue weighted by Crippen LogP contribution is 2.32. The van der Waals surface area contributed by atoms with E-state index in [1.807, 2.05) is 6.92 Å². The SMILES string of the molecule is CC(NC(=O)c1cc2cc(F)ccc2[nH]1)C1CC1. The molecule has 4 heteroatoms. The second kappa shape index (κ2) is 4.12. The monoisotopic (exact) mass is 246 g/mol. The molecule has 0 spiro atoms. The summed E-state index contributed by atoms with van der Waals surface area (Å²) in [6.07, 6.45) is 2.39. The van der Waals surface area contributed by atoms with E-state index < -0.39 is 0 Å². The highest BCUT2D eigenvalue weighted by molar-refractivity contribution is 5.98. The van der Waals surface area contributed by atoms with Crippen molar-refractivity contribution >= 4 is 16.8 Å². The van der Waals surface area contributed by atoms with Gasteiger partial charge < -0.3 is 10.3 Å². The normalized spacial score (nSPS) is 16.8. The molecular weight excluding hydrogens is 231 g/mol. The molecule has 0 bridgehead atoms. The molecule has 1 fully saturated rings. The quantitative estimate of drug-likeness (QED) is 0.859. The fourth-order valence-corrected chi connectivity index (χ4v) is 2.22. The number of halogens is 1. The second-order valence-corrected chi connectivity index (χ2v) is 5.01. The summed E-state index contributed by atoms with van der Waals surface area (Å²) in [5.74, 6) is 0.210. The van der Waals surface area contributed by atoms with Crippen LogP contribution in [0.25, 0.3) is 10.9 Å². The van der Waals surface area contributed by atoms with Gasteiger partial charge in [-0.25, -0.2) is 4.39 Å². The molecule has 1 aliphatic rings. The molecule has 2 aromatic rings. The van der Waals surface area contributed by atoms with Crippen molar-refractivity contribution in [2.45, 2.75) is 25.8 Å². The van der Waals surface area contributed by atoms with Crippen molar-refractivity contribution < 1.29 is 9.18 Å². The molecule has 1 aromatic heterocycles. The van der Waals surface area contributed by atoms with Crippen molar-refractivity contribution in [3.8, 4) is 0 Å². The second-order valence-electron chi connectivity index (χ2n) is 5.01. The van der Waals surface area contributed by atoms with Crippen LogP contribution in [0, 0.1) is 11.7 Å². The van der Waals surface area contributed by atoms with E-state index in [1.54, 1.807) is 12.1 Å². The number of amides is 1. The standard InChI is InChI=1S/C14H15FN2O/c1-8(9-2-3-9)16-14(18)13-7-10-6-11(15)4-5-12(10)17-13/h4-9,17H,2-3H2,1H3,(H,16,18). The van der Waals surface area contributed by atoms with E-state index in [4.69, 9.17) is 0 Å². The predicted molar refractivity (Wildman–Crippen MR) is 67.9 cm³/mol.